The molecule has 0 aromatic heterocycles. The molecule has 2 aromatic carbocycles. The Bertz CT molecular complexity index is 636. The highest BCUT2D eigenvalue weighted by Crippen LogP contribution is 2.21. The topological polar surface area (TPSA) is 52.7 Å². The fraction of sp³-hybridized carbons (Fsp3) is 0.368. The van der Waals surface area contributed by atoms with Crippen molar-refractivity contribution < 1.29 is 5.11 Å². The van der Waals surface area contributed by atoms with Gasteiger partial charge in [-0.2, -0.15) is 0 Å². The van der Waals surface area contributed by atoms with Crippen molar-refractivity contribution in [3.8, 4) is 0 Å². The Kier molecular flexibility index (Phi) is 4.84. The van der Waals surface area contributed by atoms with Crippen LogP contribution in [0.2, 0.25) is 0 Å². The third-order valence-corrected chi connectivity index (χ3v) is 4.61. The summed E-state index contributed by atoms with van der Waals surface area (Å²) in [7, 11) is 0. The Hall–Kier alpha value is -2.04. The molecule has 1 heterocycles. The minimum Gasteiger partial charge on any atom is -0.399 e. The van der Waals surface area contributed by atoms with Crippen molar-refractivity contribution in [1.82, 2.24) is 4.90 Å². The molecule has 1 aliphatic heterocycles. The van der Waals surface area contributed by atoms with E-state index in [1.54, 1.807) is 0 Å². The van der Waals surface area contributed by atoms with Crippen molar-refractivity contribution in [3.05, 3.63) is 59.7 Å². The maximum Gasteiger partial charge on any atom is 0.0917 e. The van der Waals surface area contributed by atoms with Gasteiger partial charge in [-0.05, 0) is 36.2 Å². The summed E-state index contributed by atoms with van der Waals surface area (Å²) in [6, 6.07) is 16.3. The SMILES string of the molecule is Cc1ccc(C(O)CN2CCN(c3ccccc3)CC2)cc1N. The van der Waals surface area contributed by atoms with Gasteiger partial charge in [0, 0.05) is 44.1 Å². The van der Waals surface area contributed by atoms with Crippen LogP contribution in [-0.2, 0) is 0 Å². The normalized spacial score (nSPS) is 17.2. The number of benzene rings is 2. The standard InChI is InChI=1S/C19H25N3O/c1-15-7-8-16(13-18(15)20)19(23)14-21-9-11-22(12-10-21)17-5-3-2-4-6-17/h2-8,13,19,23H,9-12,14,20H2,1H3. The van der Waals surface area contributed by atoms with Crippen LogP contribution in [0.4, 0.5) is 11.4 Å². The summed E-state index contributed by atoms with van der Waals surface area (Å²) < 4.78 is 0. The van der Waals surface area contributed by atoms with Gasteiger partial charge in [0.15, 0.2) is 0 Å². The van der Waals surface area contributed by atoms with E-state index in [1.807, 2.05) is 31.2 Å². The Morgan fingerprint density at radius 3 is 2.39 bits per heavy atom. The van der Waals surface area contributed by atoms with Gasteiger partial charge in [-0.3, -0.25) is 4.90 Å². The van der Waals surface area contributed by atoms with Crippen LogP contribution < -0.4 is 10.6 Å². The number of rotatable bonds is 4. The molecular formula is C19H25N3O. The molecule has 0 amide bonds. The quantitative estimate of drug-likeness (QED) is 0.852. The average Bonchev–Trinajstić information content (AvgIpc) is 2.59. The van der Waals surface area contributed by atoms with Crippen LogP contribution in [0.3, 0.4) is 0 Å². The van der Waals surface area contributed by atoms with E-state index in [2.05, 4.69) is 34.1 Å². The van der Waals surface area contributed by atoms with E-state index in [4.69, 9.17) is 5.73 Å². The van der Waals surface area contributed by atoms with Gasteiger partial charge in [-0.15, -0.1) is 0 Å². The van der Waals surface area contributed by atoms with E-state index in [1.165, 1.54) is 5.69 Å². The minimum atomic E-state index is -0.485. The molecule has 0 radical (unpaired) electrons. The molecule has 1 fully saturated rings. The number of piperazine rings is 1. The number of hydrogen-bond donors (Lipinski definition) is 2. The second kappa shape index (κ2) is 7.02. The summed E-state index contributed by atoms with van der Waals surface area (Å²) in [4.78, 5) is 4.72. The van der Waals surface area contributed by atoms with E-state index in [9.17, 15) is 5.11 Å². The molecule has 0 bridgehead atoms. The van der Waals surface area contributed by atoms with Gasteiger partial charge in [0.1, 0.15) is 0 Å². The lowest BCUT2D eigenvalue weighted by Gasteiger charge is -2.37. The first-order chi connectivity index (χ1) is 11.1. The third kappa shape index (κ3) is 3.84. The summed E-state index contributed by atoms with van der Waals surface area (Å²) >= 11 is 0. The van der Waals surface area contributed by atoms with Crippen LogP contribution in [0.5, 0.6) is 0 Å². The van der Waals surface area contributed by atoms with Gasteiger partial charge in [0.25, 0.3) is 0 Å². The van der Waals surface area contributed by atoms with Crippen LogP contribution in [0.1, 0.15) is 17.2 Å². The van der Waals surface area contributed by atoms with E-state index in [0.29, 0.717) is 6.54 Å². The number of β-amino-alcohol motifs (C(OH)–C–C–N with tert-alkyl or cyclic N) is 1. The van der Waals surface area contributed by atoms with Crippen molar-refractivity contribution >= 4 is 11.4 Å². The zero-order valence-electron chi connectivity index (χ0n) is 13.7. The fourth-order valence-electron chi connectivity index (χ4n) is 3.04. The summed E-state index contributed by atoms with van der Waals surface area (Å²) in [5.41, 5.74) is 9.92. The van der Waals surface area contributed by atoms with Crippen LogP contribution in [-0.4, -0.2) is 42.7 Å². The minimum absolute atomic E-state index is 0.485. The Balaban J connectivity index is 1.55. The van der Waals surface area contributed by atoms with Gasteiger partial charge >= 0.3 is 0 Å². The van der Waals surface area contributed by atoms with E-state index >= 15 is 0 Å². The molecule has 1 saturated heterocycles. The van der Waals surface area contributed by atoms with E-state index in [0.717, 1.165) is 43.0 Å². The van der Waals surface area contributed by atoms with Crippen molar-refractivity contribution in [2.24, 2.45) is 0 Å². The molecule has 0 spiro atoms. The van der Waals surface area contributed by atoms with Crippen molar-refractivity contribution in [1.29, 1.82) is 0 Å². The van der Waals surface area contributed by atoms with Gasteiger partial charge in [-0.25, -0.2) is 0 Å². The zero-order chi connectivity index (χ0) is 16.2. The summed E-state index contributed by atoms with van der Waals surface area (Å²) in [5, 5.41) is 10.5. The van der Waals surface area contributed by atoms with Crippen molar-refractivity contribution in [2.45, 2.75) is 13.0 Å². The van der Waals surface area contributed by atoms with Crippen LogP contribution >= 0.6 is 0 Å². The summed E-state index contributed by atoms with van der Waals surface area (Å²) in [5.74, 6) is 0. The molecule has 0 saturated carbocycles. The molecule has 23 heavy (non-hydrogen) atoms. The molecule has 0 aliphatic carbocycles. The number of aryl methyl sites for hydroxylation is 1. The number of nitrogens with zero attached hydrogens (tertiary/aromatic N) is 2. The van der Waals surface area contributed by atoms with Crippen molar-refractivity contribution in [2.75, 3.05) is 43.4 Å². The number of aliphatic hydroxyl groups is 1. The molecule has 1 unspecified atom stereocenters. The van der Waals surface area contributed by atoms with Crippen LogP contribution in [0, 0.1) is 6.92 Å². The molecule has 2 aromatic rings. The van der Waals surface area contributed by atoms with Gasteiger partial charge < -0.3 is 15.7 Å². The van der Waals surface area contributed by atoms with Gasteiger partial charge in [0.05, 0.1) is 6.10 Å². The van der Waals surface area contributed by atoms with E-state index < -0.39 is 6.10 Å². The molecule has 1 atom stereocenters. The number of anilines is 2. The number of hydrogen-bond acceptors (Lipinski definition) is 4. The maximum atomic E-state index is 10.5. The summed E-state index contributed by atoms with van der Waals surface area (Å²) in [6.45, 7) is 6.56. The highest BCUT2D eigenvalue weighted by molar-refractivity contribution is 5.49. The molecule has 3 rings (SSSR count). The molecule has 3 N–H and O–H groups in total. The predicted molar refractivity (Wildman–Crippen MR) is 95.6 cm³/mol. The average molecular weight is 311 g/mol. The first-order valence-electron chi connectivity index (χ1n) is 8.20. The molecule has 4 nitrogen and oxygen atoms in total. The third-order valence-electron chi connectivity index (χ3n) is 4.61. The monoisotopic (exact) mass is 311 g/mol. The van der Waals surface area contributed by atoms with Crippen molar-refractivity contribution in [3.63, 3.8) is 0 Å². The molecule has 1 aliphatic rings. The Morgan fingerprint density at radius 2 is 1.74 bits per heavy atom. The number of aliphatic hydroxyl groups excluding tert-OH is 1. The molecular weight excluding hydrogens is 286 g/mol. The lowest BCUT2D eigenvalue weighted by Crippen LogP contribution is -2.47. The van der Waals surface area contributed by atoms with Crippen LogP contribution in [0.25, 0.3) is 0 Å². The highest BCUT2D eigenvalue weighted by atomic mass is 16.3. The fourth-order valence-corrected chi connectivity index (χ4v) is 3.04. The number of para-hydroxylation sites is 1. The Labute approximate surface area is 138 Å². The maximum absolute atomic E-state index is 10.5. The first-order valence-corrected chi connectivity index (χ1v) is 8.20. The van der Waals surface area contributed by atoms with Gasteiger partial charge in [0.2, 0.25) is 0 Å². The second-order valence-electron chi connectivity index (χ2n) is 6.26. The van der Waals surface area contributed by atoms with Gasteiger partial charge in [-0.1, -0.05) is 30.3 Å². The highest BCUT2D eigenvalue weighted by Gasteiger charge is 2.20. The molecule has 4 heteroatoms. The summed E-state index contributed by atoms with van der Waals surface area (Å²) in [6.07, 6.45) is -0.485. The smallest absolute Gasteiger partial charge is 0.0917 e. The molecule has 122 valence electrons. The van der Waals surface area contributed by atoms with E-state index in [-0.39, 0.29) is 0 Å². The first kappa shape index (κ1) is 15.8. The number of nitrogens with two attached hydrogens (primary N) is 1. The zero-order valence-corrected chi connectivity index (χ0v) is 13.7. The lowest BCUT2D eigenvalue weighted by atomic mass is 10.0. The Morgan fingerprint density at radius 1 is 1.04 bits per heavy atom. The number of nitrogen functional groups attached to an aromatic ring is 1. The predicted octanol–water partition coefficient (Wildman–Crippen LogP) is 2.43. The largest absolute Gasteiger partial charge is 0.399 e. The lowest BCUT2D eigenvalue weighted by molar-refractivity contribution is 0.109. The second-order valence-corrected chi connectivity index (χ2v) is 6.26. The van der Waals surface area contributed by atoms with Crippen LogP contribution in [0.15, 0.2) is 48.5 Å².